The molecule has 184 valence electrons. The van der Waals surface area contributed by atoms with Crippen molar-refractivity contribution in [2.75, 3.05) is 6.61 Å². The Balaban J connectivity index is 1.56. The zero-order chi connectivity index (χ0) is 25.4. The van der Waals surface area contributed by atoms with Gasteiger partial charge in [-0.15, -0.1) is 0 Å². The van der Waals surface area contributed by atoms with E-state index in [1.807, 2.05) is 30.3 Å². The Hall–Kier alpha value is -3.68. The van der Waals surface area contributed by atoms with Crippen molar-refractivity contribution in [2.45, 2.75) is 65.7 Å². The first-order valence-electron chi connectivity index (χ1n) is 13.3. The first-order chi connectivity index (χ1) is 17.7. The summed E-state index contributed by atoms with van der Waals surface area (Å²) < 4.78 is 5.78. The van der Waals surface area contributed by atoms with E-state index in [1.54, 1.807) is 0 Å². The highest BCUT2D eigenvalue weighted by Crippen LogP contribution is 2.14. The van der Waals surface area contributed by atoms with Crippen molar-refractivity contribution in [1.29, 1.82) is 0 Å². The third-order valence-corrected chi connectivity index (χ3v) is 5.99. The molecule has 0 aliphatic rings. The van der Waals surface area contributed by atoms with Crippen LogP contribution in [0.4, 0.5) is 0 Å². The molecule has 36 heavy (non-hydrogen) atoms. The van der Waals surface area contributed by atoms with Gasteiger partial charge in [-0.3, -0.25) is 0 Å². The molecule has 0 saturated heterocycles. The lowest BCUT2D eigenvalue weighted by Crippen LogP contribution is -1.96. The molecule has 0 N–H and O–H groups in total. The van der Waals surface area contributed by atoms with Gasteiger partial charge in [-0.2, -0.15) is 0 Å². The van der Waals surface area contributed by atoms with Crippen LogP contribution in [0.2, 0.25) is 0 Å². The quantitative estimate of drug-likeness (QED) is 0.210. The number of allylic oxidation sites excluding steroid dienone is 1. The monoisotopic (exact) mass is 474 g/mol. The van der Waals surface area contributed by atoms with E-state index in [9.17, 15) is 0 Å². The summed E-state index contributed by atoms with van der Waals surface area (Å²) >= 11 is 0. The summed E-state index contributed by atoms with van der Waals surface area (Å²) in [4.78, 5) is 0. The predicted octanol–water partition coefficient (Wildman–Crippen LogP) is 8.96. The number of hydrogen-bond donors (Lipinski definition) is 0. The van der Waals surface area contributed by atoms with Crippen molar-refractivity contribution in [3.05, 3.63) is 106 Å². The van der Waals surface area contributed by atoms with Gasteiger partial charge < -0.3 is 4.74 Å². The van der Waals surface area contributed by atoms with Gasteiger partial charge in [0.05, 0.1) is 6.61 Å². The molecule has 0 heterocycles. The Labute approximate surface area is 218 Å². The summed E-state index contributed by atoms with van der Waals surface area (Å²) in [5.74, 6) is 14.0. The second-order valence-corrected chi connectivity index (χ2v) is 9.13. The van der Waals surface area contributed by atoms with Crippen LogP contribution in [0.1, 0.15) is 92.2 Å². The van der Waals surface area contributed by atoms with Gasteiger partial charge in [0.15, 0.2) is 0 Å². The van der Waals surface area contributed by atoms with E-state index in [4.69, 9.17) is 4.74 Å². The smallest absolute Gasteiger partial charge is 0.119 e. The number of benzene rings is 3. The van der Waals surface area contributed by atoms with Crippen molar-refractivity contribution in [1.82, 2.24) is 0 Å². The zero-order valence-corrected chi connectivity index (χ0v) is 22.1. The van der Waals surface area contributed by atoms with Gasteiger partial charge >= 0.3 is 0 Å². The van der Waals surface area contributed by atoms with Crippen LogP contribution in [0, 0.1) is 30.6 Å². The van der Waals surface area contributed by atoms with Crippen LogP contribution in [0.15, 0.2) is 72.8 Å². The van der Waals surface area contributed by atoms with Crippen molar-refractivity contribution in [3.63, 3.8) is 0 Å². The normalized spacial score (nSPS) is 10.4. The van der Waals surface area contributed by atoms with Gasteiger partial charge in [-0.1, -0.05) is 87.5 Å². The molecule has 0 unspecified atom stereocenters. The molecule has 3 aromatic rings. The summed E-state index contributed by atoms with van der Waals surface area (Å²) in [5, 5.41) is 0. The standard InChI is InChI=1S/C35H38O/c1-4-6-8-9-10-12-30-13-15-31(16-14-30)17-18-33-20-24-34(29(3)28-33)23-19-32-21-25-35(26-22-32)36-27-11-7-5-2/h10,12-16,20-22,24-26,28H,4-9,11,27H2,1-3H3/b12-10+. The lowest BCUT2D eigenvalue weighted by atomic mass is 10.0. The molecule has 0 aliphatic carbocycles. The molecule has 0 radical (unpaired) electrons. The van der Waals surface area contributed by atoms with Crippen LogP contribution >= 0.6 is 0 Å². The van der Waals surface area contributed by atoms with E-state index in [0.29, 0.717) is 0 Å². The third-order valence-electron chi connectivity index (χ3n) is 5.99. The molecular formula is C35H38O. The minimum absolute atomic E-state index is 0.773. The topological polar surface area (TPSA) is 9.23 Å². The van der Waals surface area contributed by atoms with E-state index in [2.05, 4.69) is 93.0 Å². The van der Waals surface area contributed by atoms with Crippen LogP contribution in [0.5, 0.6) is 5.75 Å². The number of ether oxygens (including phenoxy) is 1. The van der Waals surface area contributed by atoms with Gasteiger partial charge in [0.2, 0.25) is 0 Å². The van der Waals surface area contributed by atoms with Gasteiger partial charge in [-0.05, 0) is 91.9 Å². The molecule has 0 aromatic heterocycles. The summed E-state index contributed by atoms with van der Waals surface area (Å²) in [6.07, 6.45) is 13.0. The van der Waals surface area contributed by atoms with Crippen molar-refractivity contribution >= 4 is 6.08 Å². The van der Waals surface area contributed by atoms with Crippen LogP contribution in [-0.4, -0.2) is 6.61 Å². The number of hydrogen-bond acceptors (Lipinski definition) is 1. The molecule has 0 fully saturated rings. The fraction of sp³-hybridized carbons (Fsp3) is 0.314. The molecule has 1 nitrogen and oxygen atoms in total. The molecule has 0 aliphatic heterocycles. The Morgan fingerprint density at radius 3 is 1.97 bits per heavy atom. The molecule has 3 rings (SSSR count). The molecule has 0 saturated carbocycles. The largest absolute Gasteiger partial charge is 0.494 e. The molecule has 1 heteroatoms. The van der Waals surface area contributed by atoms with E-state index < -0.39 is 0 Å². The maximum Gasteiger partial charge on any atom is 0.119 e. The molecule has 0 amide bonds. The fourth-order valence-corrected chi connectivity index (χ4v) is 3.75. The third kappa shape index (κ3) is 9.52. The highest BCUT2D eigenvalue weighted by atomic mass is 16.5. The second-order valence-electron chi connectivity index (χ2n) is 9.13. The van der Waals surface area contributed by atoms with Crippen LogP contribution in [-0.2, 0) is 0 Å². The highest BCUT2D eigenvalue weighted by Gasteiger charge is 1.98. The molecule has 3 aromatic carbocycles. The maximum atomic E-state index is 5.78. The first kappa shape index (κ1) is 26.9. The Morgan fingerprint density at radius 2 is 1.28 bits per heavy atom. The first-order valence-corrected chi connectivity index (χ1v) is 13.3. The average molecular weight is 475 g/mol. The van der Waals surface area contributed by atoms with Gasteiger partial charge in [0.1, 0.15) is 5.75 Å². The molecule has 0 atom stereocenters. The van der Waals surface area contributed by atoms with Crippen molar-refractivity contribution < 1.29 is 4.74 Å². The van der Waals surface area contributed by atoms with Crippen LogP contribution < -0.4 is 4.74 Å². The fourth-order valence-electron chi connectivity index (χ4n) is 3.75. The lowest BCUT2D eigenvalue weighted by molar-refractivity contribution is 0.306. The maximum absolute atomic E-state index is 5.78. The van der Waals surface area contributed by atoms with Crippen molar-refractivity contribution in [3.8, 4) is 29.4 Å². The van der Waals surface area contributed by atoms with Gasteiger partial charge in [0, 0.05) is 22.3 Å². The second kappa shape index (κ2) is 15.3. The summed E-state index contributed by atoms with van der Waals surface area (Å²) in [6.45, 7) is 7.30. The van der Waals surface area contributed by atoms with Crippen molar-refractivity contribution in [2.24, 2.45) is 0 Å². The zero-order valence-electron chi connectivity index (χ0n) is 22.1. The minimum Gasteiger partial charge on any atom is -0.494 e. The SMILES string of the molecule is CCCCC/C=C/c1ccc(C#Cc2ccc(C#Cc3ccc(OCCCCC)cc3)c(C)c2)cc1. The van der Waals surface area contributed by atoms with Gasteiger partial charge in [-0.25, -0.2) is 0 Å². The van der Waals surface area contributed by atoms with E-state index in [1.165, 1.54) is 37.7 Å². The summed E-state index contributed by atoms with van der Waals surface area (Å²) in [6, 6.07) is 22.7. The van der Waals surface area contributed by atoms with E-state index in [-0.39, 0.29) is 0 Å². The van der Waals surface area contributed by atoms with E-state index >= 15 is 0 Å². The number of rotatable bonds is 10. The van der Waals surface area contributed by atoms with Crippen LogP contribution in [0.3, 0.4) is 0 Å². The van der Waals surface area contributed by atoms with Gasteiger partial charge in [0.25, 0.3) is 0 Å². The molecule has 0 spiro atoms. The summed E-state index contributed by atoms with van der Waals surface area (Å²) in [7, 11) is 0. The minimum atomic E-state index is 0.773. The average Bonchev–Trinajstić information content (AvgIpc) is 2.91. The highest BCUT2D eigenvalue weighted by molar-refractivity contribution is 5.54. The Kier molecular flexibility index (Phi) is 11.5. The van der Waals surface area contributed by atoms with E-state index in [0.717, 1.165) is 53.0 Å². The Bertz CT molecular complexity index is 1220. The number of unbranched alkanes of at least 4 members (excludes halogenated alkanes) is 5. The predicted molar refractivity (Wildman–Crippen MR) is 154 cm³/mol. The lowest BCUT2D eigenvalue weighted by Gasteiger charge is -2.05. The molecular weight excluding hydrogens is 436 g/mol. The summed E-state index contributed by atoms with van der Waals surface area (Å²) in [5.41, 5.74) is 6.40. The number of aryl methyl sites for hydroxylation is 1. The molecule has 0 bridgehead atoms. The Morgan fingerprint density at radius 1 is 0.667 bits per heavy atom. The van der Waals surface area contributed by atoms with Crippen LogP contribution in [0.25, 0.3) is 6.08 Å².